The Balaban J connectivity index is 2.17. The molecule has 0 amide bonds. The minimum Gasteiger partial charge on any atom is -0.289 e. The maximum Gasteiger partial charge on any atom is 0.181 e. The van der Waals surface area contributed by atoms with Crippen LogP contribution in [-0.2, 0) is 12.8 Å². The second kappa shape index (κ2) is 7.20. The van der Waals surface area contributed by atoms with E-state index >= 15 is 0 Å². The van der Waals surface area contributed by atoms with Crippen LogP contribution in [0.3, 0.4) is 0 Å². The SMILES string of the molecule is CCc1cccc(CC)c1C(=O)PC1CCCCC1. The molecule has 19 heavy (non-hydrogen) atoms. The molecule has 1 aliphatic carbocycles. The smallest absolute Gasteiger partial charge is 0.181 e. The second-order valence-corrected chi connectivity index (χ2v) is 7.03. The quantitative estimate of drug-likeness (QED) is 0.694. The Bertz CT molecular complexity index is 411. The van der Waals surface area contributed by atoms with Gasteiger partial charge in [0.25, 0.3) is 0 Å². The van der Waals surface area contributed by atoms with Crippen molar-refractivity contribution in [1.82, 2.24) is 0 Å². The van der Waals surface area contributed by atoms with Gasteiger partial charge in [-0.15, -0.1) is 0 Å². The first-order chi connectivity index (χ1) is 9.26. The Kier molecular flexibility index (Phi) is 5.58. The monoisotopic (exact) mass is 276 g/mol. The van der Waals surface area contributed by atoms with Crippen LogP contribution < -0.4 is 0 Å². The summed E-state index contributed by atoms with van der Waals surface area (Å²) in [5, 5.41) is 0. The molecule has 1 aliphatic rings. The number of hydrogen-bond acceptors (Lipinski definition) is 1. The largest absolute Gasteiger partial charge is 0.289 e. The van der Waals surface area contributed by atoms with Crippen molar-refractivity contribution in [2.75, 3.05) is 0 Å². The summed E-state index contributed by atoms with van der Waals surface area (Å²) in [7, 11) is 0.493. The second-order valence-electron chi connectivity index (χ2n) is 5.47. The zero-order valence-corrected chi connectivity index (χ0v) is 13.2. The highest BCUT2D eigenvalue weighted by molar-refractivity contribution is 7.59. The third-order valence-electron chi connectivity index (χ3n) is 4.17. The van der Waals surface area contributed by atoms with Gasteiger partial charge in [-0.05, 0) is 51.0 Å². The highest BCUT2D eigenvalue weighted by Crippen LogP contribution is 2.36. The van der Waals surface area contributed by atoms with Gasteiger partial charge in [-0.2, -0.15) is 0 Å². The predicted octanol–water partition coefficient (Wildman–Crippen LogP) is 4.96. The fraction of sp³-hybridized carbons (Fsp3) is 0.588. The molecule has 1 saturated carbocycles. The van der Waals surface area contributed by atoms with Gasteiger partial charge in [0, 0.05) is 5.56 Å². The Labute approximate surface area is 119 Å². The van der Waals surface area contributed by atoms with Crippen LogP contribution in [0.5, 0.6) is 0 Å². The van der Waals surface area contributed by atoms with Gasteiger partial charge in [-0.3, -0.25) is 4.79 Å². The van der Waals surface area contributed by atoms with E-state index in [-0.39, 0.29) is 0 Å². The number of carbonyl (C=O) groups excluding carboxylic acids is 1. The number of hydrogen-bond donors (Lipinski definition) is 0. The van der Waals surface area contributed by atoms with Crippen LogP contribution in [0, 0.1) is 0 Å². The van der Waals surface area contributed by atoms with Crippen molar-refractivity contribution < 1.29 is 4.79 Å². The van der Waals surface area contributed by atoms with E-state index in [1.54, 1.807) is 0 Å². The number of carbonyl (C=O) groups is 1. The van der Waals surface area contributed by atoms with Gasteiger partial charge in [0.1, 0.15) is 0 Å². The summed E-state index contributed by atoms with van der Waals surface area (Å²) < 4.78 is 0. The first-order valence-electron chi connectivity index (χ1n) is 7.67. The predicted molar refractivity (Wildman–Crippen MR) is 84.7 cm³/mol. The first kappa shape index (κ1) is 14.7. The average Bonchev–Trinajstić information content (AvgIpc) is 2.47. The molecular formula is C17H25OP. The van der Waals surface area contributed by atoms with Gasteiger partial charge < -0.3 is 0 Å². The molecule has 1 unspecified atom stereocenters. The van der Waals surface area contributed by atoms with Crippen molar-refractivity contribution in [2.24, 2.45) is 0 Å². The zero-order valence-electron chi connectivity index (χ0n) is 12.2. The minimum absolute atomic E-state index is 0.418. The molecule has 1 aromatic rings. The molecule has 0 bridgehead atoms. The van der Waals surface area contributed by atoms with Gasteiger partial charge in [-0.25, -0.2) is 0 Å². The van der Waals surface area contributed by atoms with E-state index in [0.29, 0.717) is 19.8 Å². The highest BCUT2D eigenvalue weighted by Gasteiger charge is 2.20. The molecule has 0 aromatic heterocycles. The molecule has 2 heteroatoms. The van der Waals surface area contributed by atoms with Crippen LogP contribution >= 0.6 is 8.58 Å². The maximum absolute atomic E-state index is 12.7. The summed E-state index contributed by atoms with van der Waals surface area (Å²) in [5.74, 6) is 0. The van der Waals surface area contributed by atoms with Gasteiger partial charge in [0.2, 0.25) is 0 Å². The molecule has 0 radical (unpaired) electrons. The number of rotatable bonds is 5. The fourth-order valence-corrected chi connectivity index (χ4v) is 4.57. The lowest BCUT2D eigenvalue weighted by molar-refractivity contribution is 0.108. The zero-order chi connectivity index (χ0) is 13.7. The molecule has 1 aromatic carbocycles. The summed E-state index contributed by atoms with van der Waals surface area (Å²) in [6.45, 7) is 4.30. The van der Waals surface area contributed by atoms with Crippen molar-refractivity contribution in [3.63, 3.8) is 0 Å². The summed E-state index contributed by atoms with van der Waals surface area (Å²) in [6.07, 6.45) is 8.46. The van der Waals surface area contributed by atoms with Crippen LogP contribution in [0.2, 0.25) is 0 Å². The minimum atomic E-state index is 0.418. The van der Waals surface area contributed by atoms with Crippen LogP contribution in [0.25, 0.3) is 0 Å². The van der Waals surface area contributed by atoms with Crippen LogP contribution in [-0.4, -0.2) is 11.2 Å². The van der Waals surface area contributed by atoms with Crippen LogP contribution in [0.4, 0.5) is 0 Å². The maximum atomic E-state index is 12.7. The van der Waals surface area contributed by atoms with Gasteiger partial charge in [-0.1, -0.05) is 51.3 Å². The Hall–Kier alpha value is -0.680. The number of aryl methyl sites for hydroxylation is 2. The summed E-state index contributed by atoms with van der Waals surface area (Å²) in [6, 6.07) is 6.34. The summed E-state index contributed by atoms with van der Waals surface area (Å²) in [5.41, 5.74) is 4.62. The van der Waals surface area contributed by atoms with Crippen molar-refractivity contribution in [3.8, 4) is 0 Å². The Morgan fingerprint density at radius 3 is 2.21 bits per heavy atom. The first-order valence-corrected chi connectivity index (χ1v) is 8.75. The van der Waals surface area contributed by atoms with Crippen molar-refractivity contribution in [2.45, 2.75) is 64.5 Å². The molecule has 1 atom stereocenters. The van der Waals surface area contributed by atoms with Crippen LogP contribution in [0.15, 0.2) is 18.2 Å². The van der Waals surface area contributed by atoms with Gasteiger partial charge >= 0.3 is 0 Å². The lowest BCUT2D eigenvalue weighted by atomic mass is 9.98. The van der Waals surface area contributed by atoms with Crippen LogP contribution in [0.1, 0.15) is 67.4 Å². The topological polar surface area (TPSA) is 17.1 Å². The summed E-state index contributed by atoms with van der Waals surface area (Å²) in [4.78, 5) is 12.7. The van der Waals surface area contributed by atoms with E-state index in [9.17, 15) is 4.79 Å². The molecule has 0 N–H and O–H groups in total. The van der Waals surface area contributed by atoms with Gasteiger partial charge in [0.05, 0.1) is 0 Å². The lowest BCUT2D eigenvalue weighted by Gasteiger charge is -2.22. The van der Waals surface area contributed by atoms with E-state index in [4.69, 9.17) is 0 Å². The molecule has 0 aliphatic heterocycles. The van der Waals surface area contributed by atoms with Crippen molar-refractivity contribution in [3.05, 3.63) is 34.9 Å². The third-order valence-corrected chi connectivity index (χ3v) is 5.66. The molecule has 2 rings (SSSR count). The fourth-order valence-electron chi connectivity index (χ4n) is 3.04. The van der Waals surface area contributed by atoms with Gasteiger partial charge in [0.15, 0.2) is 5.52 Å². The van der Waals surface area contributed by atoms with Crippen molar-refractivity contribution >= 4 is 14.1 Å². The Morgan fingerprint density at radius 1 is 1.11 bits per heavy atom. The third kappa shape index (κ3) is 3.66. The molecule has 0 spiro atoms. The van der Waals surface area contributed by atoms with E-state index in [0.717, 1.165) is 18.4 Å². The molecule has 104 valence electrons. The standard InChI is InChI=1S/C17H25OP/c1-3-13-9-8-10-14(4-2)16(13)17(18)19-15-11-6-5-7-12-15/h8-10,15,19H,3-7,11-12H2,1-2H3. The van der Waals surface area contributed by atoms with E-state index in [2.05, 4.69) is 32.0 Å². The van der Waals surface area contributed by atoms with E-state index < -0.39 is 0 Å². The van der Waals surface area contributed by atoms with Crippen molar-refractivity contribution in [1.29, 1.82) is 0 Å². The molecule has 1 nitrogen and oxygen atoms in total. The van der Waals surface area contributed by atoms with E-state index in [1.165, 1.54) is 43.2 Å². The lowest BCUT2D eigenvalue weighted by Crippen LogP contribution is -2.11. The molecule has 0 heterocycles. The molecule has 1 fully saturated rings. The number of benzene rings is 1. The van der Waals surface area contributed by atoms with E-state index in [1.807, 2.05) is 0 Å². The average molecular weight is 276 g/mol. The summed E-state index contributed by atoms with van der Waals surface area (Å²) >= 11 is 0. The molecule has 0 saturated heterocycles. The molecular weight excluding hydrogens is 251 g/mol. The highest BCUT2D eigenvalue weighted by atomic mass is 31.1. The Morgan fingerprint density at radius 2 is 1.68 bits per heavy atom. The normalized spacial score (nSPS) is 17.2.